The first-order valence-corrected chi connectivity index (χ1v) is 8.47. The maximum absolute atomic E-state index is 12.7. The molecule has 148 valence electrons. The third-order valence-electron chi connectivity index (χ3n) is 3.81. The largest absolute Gasteiger partial charge is 0.471 e. The van der Waals surface area contributed by atoms with E-state index in [-0.39, 0.29) is 44.4 Å². The van der Waals surface area contributed by atoms with Crippen molar-refractivity contribution in [1.82, 2.24) is 0 Å². The molecular weight excluding hydrogens is 358 g/mol. The van der Waals surface area contributed by atoms with E-state index in [9.17, 15) is 14.4 Å². The molecule has 27 heavy (non-hydrogen) atoms. The quantitative estimate of drug-likeness (QED) is 0.490. The van der Waals surface area contributed by atoms with Crippen LogP contribution in [-0.4, -0.2) is 58.1 Å². The molecule has 0 aromatic heterocycles. The Bertz CT molecular complexity index is 690. The summed E-state index contributed by atoms with van der Waals surface area (Å²) in [6.07, 6.45) is -1.14. The minimum Gasteiger partial charge on any atom is -0.471 e. The van der Waals surface area contributed by atoms with Crippen LogP contribution in [0.25, 0.3) is 0 Å². The minimum absolute atomic E-state index is 0.0276. The molecule has 0 N–H and O–H groups in total. The van der Waals surface area contributed by atoms with Gasteiger partial charge >= 0.3 is 11.9 Å². The van der Waals surface area contributed by atoms with Gasteiger partial charge in [-0.25, -0.2) is 4.79 Å². The Balaban J connectivity index is 2.31. The average Bonchev–Trinajstić information content (AvgIpc) is 2.69. The first-order chi connectivity index (χ1) is 13.0. The predicted molar refractivity (Wildman–Crippen MR) is 93.6 cm³/mol. The van der Waals surface area contributed by atoms with Gasteiger partial charge in [-0.3, -0.25) is 9.59 Å². The Labute approximate surface area is 157 Å². The van der Waals surface area contributed by atoms with E-state index in [4.69, 9.17) is 18.9 Å². The number of para-hydroxylation sites is 1. The van der Waals surface area contributed by atoms with Crippen LogP contribution in [0.3, 0.4) is 0 Å². The monoisotopic (exact) mass is 381 g/mol. The molecule has 0 saturated carbocycles. The molecule has 1 unspecified atom stereocenters. The first kappa shape index (κ1) is 20.5. The lowest BCUT2D eigenvalue weighted by molar-refractivity contribution is -0.151. The second-order valence-corrected chi connectivity index (χ2v) is 5.59. The number of ether oxygens (including phenoxy) is 5. The minimum atomic E-state index is -1.01. The fraction of sp³-hybridized carbons (Fsp3) is 0.500. The Kier molecular flexibility index (Phi) is 7.42. The van der Waals surface area contributed by atoms with Crippen molar-refractivity contribution in [2.24, 2.45) is 0 Å². The highest BCUT2D eigenvalue weighted by molar-refractivity contribution is 5.98. The van der Waals surface area contributed by atoms with Crippen LogP contribution in [0.2, 0.25) is 0 Å². The maximum Gasteiger partial charge on any atom is 0.349 e. The summed E-state index contributed by atoms with van der Waals surface area (Å²) in [6.45, 7) is 1.81. The Morgan fingerprint density at radius 1 is 1.22 bits per heavy atom. The molecule has 1 aromatic carbocycles. The van der Waals surface area contributed by atoms with Crippen LogP contribution in [0.1, 0.15) is 19.8 Å². The first-order valence-electron chi connectivity index (χ1n) is 8.47. The van der Waals surface area contributed by atoms with E-state index in [2.05, 4.69) is 4.74 Å². The maximum atomic E-state index is 12.7. The number of anilines is 1. The Morgan fingerprint density at radius 2 is 2.00 bits per heavy atom. The van der Waals surface area contributed by atoms with Gasteiger partial charge in [0.1, 0.15) is 0 Å². The fourth-order valence-corrected chi connectivity index (χ4v) is 2.56. The second kappa shape index (κ2) is 9.77. The van der Waals surface area contributed by atoms with Gasteiger partial charge in [0.15, 0.2) is 18.3 Å². The number of esters is 2. The number of fused-ring (bicyclic) bond motifs is 1. The standard InChI is InChI=1S/C18H23NO8/c1-4-25-18(22)14-10-19(15(20)8-9-16(21)24-3)12-6-5-7-13(17(12)27-14)26-11-23-2/h5-7,14H,4,8-11H2,1-3H3. The number of carbonyl (C=O) groups is 3. The fourth-order valence-electron chi connectivity index (χ4n) is 2.56. The summed E-state index contributed by atoms with van der Waals surface area (Å²) in [5, 5.41) is 0. The SMILES string of the molecule is CCOC(=O)C1CN(C(=O)CCC(=O)OC)c2cccc(OCOC)c2O1. The average molecular weight is 381 g/mol. The molecule has 1 aliphatic heterocycles. The van der Waals surface area contributed by atoms with E-state index in [0.29, 0.717) is 11.4 Å². The third kappa shape index (κ3) is 5.10. The Hall–Kier alpha value is -2.81. The van der Waals surface area contributed by atoms with Crippen molar-refractivity contribution in [3.05, 3.63) is 18.2 Å². The molecule has 0 saturated heterocycles. The molecule has 0 bridgehead atoms. The number of hydrogen-bond acceptors (Lipinski definition) is 8. The van der Waals surface area contributed by atoms with Crippen molar-refractivity contribution < 1.29 is 38.1 Å². The highest BCUT2D eigenvalue weighted by Crippen LogP contribution is 2.41. The summed E-state index contributed by atoms with van der Waals surface area (Å²) >= 11 is 0. The van der Waals surface area contributed by atoms with Gasteiger partial charge in [-0.05, 0) is 19.1 Å². The van der Waals surface area contributed by atoms with Gasteiger partial charge in [-0.2, -0.15) is 0 Å². The van der Waals surface area contributed by atoms with Crippen LogP contribution >= 0.6 is 0 Å². The summed E-state index contributed by atoms with van der Waals surface area (Å²) in [5.41, 5.74) is 0.444. The Morgan fingerprint density at radius 3 is 2.67 bits per heavy atom. The zero-order valence-electron chi connectivity index (χ0n) is 15.6. The van der Waals surface area contributed by atoms with Crippen molar-refractivity contribution in [3.8, 4) is 11.5 Å². The number of carbonyl (C=O) groups excluding carboxylic acids is 3. The lowest BCUT2D eigenvalue weighted by Crippen LogP contribution is -2.48. The molecule has 1 heterocycles. The van der Waals surface area contributed by atoms with Crippen LogP contribution < -0.4 is 14.4 Å². The van der Waals surface area contributed by atoms with Crippen molar-refractivity contribution >= 4 is 23.5 Å². The van der Waals surface area contributed by atoms with E-state index in [1.807, 2.05) is 0 Å². The normalized spacial score (nSPS) is 15.4. The van der Waals surface area contributed by atoms with Gasteiger partial charge in [0.05, 0.1) is 32.4 Å². The zero-order valence-corrected chi connectivity index (χ0v) is 15.6. The van der Waals surface area contributed by atoms with E-state index >= 15 is 0 Å². The van der Waals surface area contributed by atoms with E-state index in [1.165, 1.54) is 19.1 Å². The molecule has 0 radical (unpaired) electrons. The van der Waals surface area contributed by atoms with Gasteiger partial charge in [0.25, 0.3) is 0 Å². The van der Waals surface area contributed by atoms with Crippen LogP contribution in [0.5, 0.6) is 11.5 Å². The predicted octanol–water partition coefficient (Wildman–Crippen LogP) is 1.28. The number of benzene rings is 1. The second-order valence-electron chi connectivity index (χ2n) is 5.59. The summed E-state index contributed by atoms with van der Waals surface area (Å²) < 4.78 is 25.7. The summed E-state index contributed by atoms with van der Waals surface area (Å²) in [5.74, 6) is -0.853. The van der Waals surface area contributed by atoms with Crippen molar-refractivity contribution in [1.29, 1.82) is 0 Å². The van der Waals surface area contributed by atoms with Gasteiger partial charge in [0.2, 0.25) is 12.0 Å². The molecule has 9 nitrogen and oxygen atoms in total. The molecule has 0 spiro atoms. The summed E-state index contributed by atoms with van der Waals surface area (Å²) in [4.78, 5) is 37.6. The zero-order chi connectivity index (χ0) is 19.8. The summed E-state index contributed by atoms with van der Waals surface area (Å²) in [7, 11) is 2.73. The van der Waals surface area contributed by atoms with E-state index < -0.39 is 18.0 Å². The van der Waals surface area contributed by atoms with Crippen LogP contribution in [0, 0.1) is 0 Å². The molecule has 0 fully saturated rings. The molecule has 1 atom stereocenters. The number of hydrogen-bond donors (Lipinski definition) is 0. The van der Waals surface area contributed by atoms with Gasteiger partial charge in [-0.15, -0.1) is 0 Å². The smallest absolute Gasteiger partial charge is 0.349 e. The molecule has 1 amide bonds. The van der Waals surface area contributed by atoms with Crippen LogP contribution in [0.15, 0.2) is 18.2 Å². The van der Waals surface area contributed by atoms with Gasteiger partial charge in [0, 0.05) is 13.5 Å². The summed E-state index contributed by atoms with van der Waals surface area (Å²) in [6, 6.07) is 5.01. The van der Waals surface area contributed by atoms with E-state index in [0.717, 1.165) is 0 Å². The van der Waals surface area contributed by atoms with Crippen molar-refractivity contribution in [2.75, 3.05) is 39.1 Å². The van der Waals surface area contributed by atoms with Crippen LogP contribution in [0.4, 0.5) is 5.69 Å². The lowest BCUT2D eigenvalue weighted by atomic mass is 10.1. The molecule has 1 aliphatic rings. The van der Waals surface area contributed by atoms with Crippen molar-refractivity contribution in [3.63, 3.8) is 0 Å². The third-order valence-corrected chi connectivity index (χ3v) is 3.81. The molecule has 1 aromatic rings. The van der Waals surface area contributed by atoms with Gasteiger partial charge < -0.3 is 28.6 Å². The highest BCUT2D eigenvalue weighted by Gasteiger charge is 2.36. The molecule has 9 heteroatoms. The molecule has 2 rings (SSSR count). The van der Waals surface area contributed by atoms with E-state index in [1.54, 1.807) is 25.1 Å². The van der Waals surface area contributed by atoms with Crippen molar-refractivity contribution in [2.45, 2.75) is 25.9 Å². The number of rotatable bonds is 8. The lowest BCUT2D eigenvalue weighted by Gasteiger charge is -2.34. The number of amides is 1. The number of methoxy groups -OCH3 is 2. The molecule has 0 aliphatic carbocycles. The van der Waals surface area contributed by atoms with Crippen LogP contribution in [-0.2, 0) is 28.6 Å². The molecular formula is C18H23NO8. The highest BCUT2D eigenvalue weighted by atomic mass is 16.7. The number of nitrogens with zero attached hydrogens (tertiary/aromatic N) is 1. The topological polar surface area (TPSA) is 101 Å². The van der Waals surface area contributed by atoms with Gasteiger partial charge in [-0.1, -0.05) is 6.07 Å².